The second-order valence-electron chi connectivity index (χ2n) is 4.28. The molecule has 20 heavy (non-hydrogen) atoms. The van der Waals surface area contributed by atoms with Crippen molar-refractivity contribution in [1.82, 2.24) is 10.3 Å². The number of amides is 2. The lowest BCUT2D eigenvalue weighted by molar-refractivity contribution is -0.140. The Morgan fingerprint density at radius 2 is 2.05 bits per heavy atom. The number of aliphatic carboxylic acids is 1. The van der Waals surface area contributed by atoms with Crippen LogP contribution in [0.5, 0.6) is 0 Å². The van der Waals surface area contributed by atoms with Crippen LogP contribution >= 0.6 is 0 Å². The maximum atomic E-state index is 12.1. The van der Waals surface area contributed by atoms with Crippen molar-refractivity contribution in [2.24, 2.45) is 5.73 Å². The normalized spacial score (nSPS) is 12.0. The van der Waals surface area contributed by atoms with Gasteiger partial charge < -0.3 is 21.1 Å². The fraction of sp³-hybridized carbons (Fsp3) is 0.154. The molecule has 1 atom stereocenters. The van der Waals surface area contributed by atoms with Crippen molar-refractivity contribution in [3.63, 3.8) is 0 Å². The van der Waals surface area contributed by atoms with Crippen LogP contribution < -0.4 is 11.1 Å². The first-order valence-corrected chi connectivity index (χ1v) is 5.87. The van der Waals surface area contributed by atoms with Crippen LogP contribution in [0.25, 0.3) is 10.9 Å². The molecule has 0 fully saturated rings. The highest BCUT2D eigenvalue weighted by atomic mass is 16.4. The molecule has 1 heterocycles. The molecule has 2 aromatic rings. The maximum Gasteiger partial charge on any atom is 0.326 e. The van der Waals surface area contributed by atoms with Crippen LogP contribution in [-0.4, -0.2) is 33.9 Å². The molecule has 0 aliphatic carbocycles. The lowest BCUT2D eigenvalue weighted by Crippen LogP contribution is -2.43. The van der Waals surface area contributed by atoms with Crippen LogP contribution in [0.1, 0.15) is 16.8 Å². The van der Waals surface area contributed by atoms with E-state index in [1.807, 2.05) is 6.07 Å². The highest BCUT2D eigenvalue weighted by Crippen LogP contribution is 2.17. The van der Waals surface area contributed by atoms with Gasteiger partial charge in [0.15, 0.2) is 0 Å². The van der Waals surface area contributed by atoms with Crippen molar-refractivity contribution in [3.8, 4) is 0 Å². The fourth-order valence-corrected chi connectivity index (χ4v) is 1.91. The van der Waals surface area contributed by atoms with Crippen molar-refractivity contribution in [2.45, 2.75) is 12.5 Å². The first kappa shape index (κ1) is 13.6. The number of carbonyl (C=O) groups is 3. The topological polar surface area (TPSA) is 125 Å². The number of nitrogens with two attached hydrogens (primary N) is 1. The molecule has 5 N–H and O–H groups in total. The average molecular weight is 275 g/mol. The Balaban J connectivity index is 2.24. The van der Waals surface area contributed by atoms with Crippen molar-refractivity contribution in [2.75, 3.05) is 0 Å². The van der Waals surface area contributed by atoms with Gasteiger partial charge in [0, 0.05) is 11.6 Å². The Hall–Kier alpha value is -2.83. The van der Waals surface area contributed by atoms with Crippen LogP contribution in [0, 0.1) is 0 Å². The van der Waals surface area contributed by atoms with Gasteiger partial charge in [-0.05, 0) is 12.1 Å². The number of primary amides is 1. The number of hydrogen-bond acceptors (Lipinski definition) is 3. The van der Waals surface area contributed by atoms with E-state index in [-0.39, 0.29) is 0 Å². The predicted octanol–water partition coefficient (Wildman–Crippen LogP) is 0.226. The third-order valence-electron chi connectivity index (χ3n) is 2.84. The molecule has 0 aliphatic heterocycles. The van der Waals surface area contributed by atoms with Gasteiger partial charge in [-0.2, -0.15) is 0 Å². The first-order valence-electron chi connectivity index (χ1n) is 5.87. The smallest absolute Gasteiger partial charge is 0.326 e. The molecule has 0 saturated heterocycles. The minimum Gasteiger partial charge on any atom is -0.480 e. The molecular formula is C13H13N3O4. The van der Waals surface area contributed by atoms with Gasteiger partial charge in [0.1, 0.15) is 6.04 Å². The van der Waals surface area contributed by atoms with Gasteiger partial charge in [0.25, 0.3) is 5.91 Å². The Morgan fingerprint density at radius 1 is 1.30 bits per heavy atom. The number of rotatable bonds is 5. The molecule has 0 spiro atoms. The van der Waals surface area contributed by atoms with Crippen LogP contribution in [-0.2, 0) is 9.59 Å². The van der Waals surface area contributed by atoms with Gasteiger partial charge in [-0.25, -0.2) is 4.79 Å². The van der Waals surface area contributed by atoms with E-state index < -0.39 is 30.2 Å². The number of aromatic nitrogens is 1. The van der Waals surface area contributed by atoms with E-state index in [9.17, 15) is 14.4 Å². The highest BCUT2D eigenvalue weighted by molar-refractivity contribution is 6.06. The Bertz CT molecular complexity index is 677. The molecule has 0 bridgehead atoms. The number of para-hydroxylation sites is 1. The zero-order chi connectivity index (χ0) is 14.7. The number of nitrogens with one attached hydrogen (secondary N) is 2. The predicted molar refractivity (Wildman–Crippen MR) is 71.0 cm³/mol. The summed E-state index contributed by atoms with van der Waals surface area (Å²) in [7, 11) is 0. The molecule has 2 rings (SSSR count). The monoisotopic (exact) mass is 275 g/mol. The molecule has 104 valence electrons. The SMILES string of the molecule is NC(=O)CC(NC(=O)c1cccc2cc[nH]c12)C(=O)O. The molecule has 1 unspecified atom stereocenters. The first-order chi connectivity index (χ1) is 9.49. The van der Waals surface area contributed by atoms with Crippen molar-refractivity contribution < 1.29 is 19.5 Å². The maximum absolute atomic E-state index is 12.1. The number of aromatic amines is 1. The summed E-state index contributed by atoms with van der Waals surface area (Å²) in [6.07, 6.45) is 1.22. The molecular weight excluding hydrogens is 262 g/mol. The second kappa shape index (κ2) is 5.43. The fourth-order valence-electron chi connectivity index (χ4n) is 1.91. The lowest BCUT2D eigenvalue weighted by atomic mass is 10.1. The van der Waals surface area contributed by atoms with Gasteiger partial charge in [-0.15, -0.1) is 0 Å². The van der Waals surface area contributed by atoms with Gasteiger partial charge in [0.05, 0.1) is 17.5 Å². The molecule has 0 radical (unpaired) electrons. The summed E-state index contributed by atoms with van der Waals surface area (Å²) in [5.41, 5.74) is 5.87. The summed E-state index contributed by atoms with van der Waals surface area (Å²) < 4.78 is 0. The number of H-pyrrole nitrogens is 1. The number of carbonyl (C=O) groups excluding carboxylic acids is 2. The third kappa shape index (κ3) is 2.77. The minimum absolute atomic E-state index is 0.309. The van der Waals surface area contributed by atoms with Gasteiger partial charge in [-0.1, -0.05) is 12.1 Å². The standard InChI is InChI=1S/C13H13N3O4/c14-10(17)6-9(13(19)20)16-12(18)8-3-1-2-7-4-5-15-11(7)8/h1-5,9,15H,6H2,(H2,14,17)(H,16,18)(H,19,20). The van der Waals surface area contributed by atoms with Crippen LogP contribution in [0.15, 0.2) is 30.5 Å². The van der Waals surface area contributed by atoms with E-state index in [4.69, 9.17) is 10.8 Å². The summed E-state index contributed by atoms with van der Waals surface area (Å²) in [5.74, 6) is -2.68. The molecule has 0 saturated carbocycles. The highest BCUT2D eigenvalue weighted by Gasteiger charge is 2.23. The molecule has 7 nitrogen and oxygen atoms in total. The van der Waals surface area contributed by atoms with E-state index in [1.54, 1.807) is 24.4 Å². The van der Waals surface area contributed by atoms with Crippen molar-refractivity contribution >= 4 is 28.7 Å². The number of fused-ring (bicyclic) bond motifs is 1. The van der Waals surface area contributed by atoms with E-state index >= 15 is 0 Å². The zero-order valence-corrected chi connectivity index (χ0v) is 10.4. The second-order valence-corrected chi connectivity index (χ2v) is 4.28. The summed E-state index contributed by atoms with van der Waals surface area (Å²) in [5, 5.41) is 12.1. The Labute approximate surface area is 113 Å². The molecule has 7 heteroatoms. The number of hydrogen-bond donors (Lipinski definition) is 4. The van der Waals surface area contributed by atoms with E-state index in [0.717, 1.165) is 5.39 Å². The van der Waals surface area contributed by atoms with Gasteiger partial charge >= 0.3 is 5.97 Å². The Morgan fingerprint density at radius 3 is 2.70 bits per heavy atom. The molecule has 0 aliphatic rings. The zero-order valence-electron chi connectivity index (χ0n) is 10.4. The van der Waals surface area contributed by atoms with Crippen molar-refractivity contribution in [1.29, 1.82) is 0 Å². The van der Waals surface area contributed by atoms with Crippen LogP contribution in [0.4, 0.5) is 0 Å². The van der Waals surface area contributed by atoms with Crippen LogP contribution in [0.2, 0.25) is 0 Å². The van der Waals surface area contributed by atoms with Crippen LogP contribution in [0.3, 0.4) is 0 Å². The summed E-state index contributed by atoms with van der Waals surface area (Å²) >= 11 is 0. The molecule has 1 aromatic heterocycles. The average Bonchev–Trinajstić information content (AvgIpc) is 2.84. The van der Waals surface area contributed by atoms with E-state index in [1.165, 1.54) is 0 Å². The summed E-state index contributed by atoms with van der Waals surface area (Å²) in [6, 6.07) is 5.53. The number of benzene rings is 1. The quantitative estimate of drug-likeness (QED) is 0.623. The van der Waals surface area contributed by atoms with Crippen molar-refractivity contribution in [3.05, 3.63) is 36.0 Å². The molecule has 1 aromatic carbocycles. The molecule has 2 amide bonds. The summed E-state index contributed by atoms with van der Waals surface area (Å²) in [6.45, 7) is 0. The van der Waals surface area contributed by atoms with Gasteiger partial charge in [0.2, 0.25) is 5.91 Å². The van der Waals surface area contributed by atoms with E-state index in [2.05, 4.69) is 10.3 Å². The third-order valence-corrected chi connectivity index (χ3v) is 2.84. The lowest BCUT2D eigenvalue weighted by Gasteiger charge is -2.13. The largest absolute Gasteiger partial charge is 0.480 e. The number of carboxylic acids is 1. The van der Waals surface area contributed by atoms with E-state index in [0.29, 0.717) is 11.1 Å². The Kier molecular flexibility index (Phi) is 3.69. The van der Waals surface area contributed by atoms with Gasteiger partial charge in [-0.3, -0.25) is 9.59 Å². The minimum atomic E-state index is -1.34. The number of carboxylic acid groups (broad SMARTS) is 1. The summed E-state index contributed by atoms with van der Waals surface area (Å²) in [4.78, 5) is 36.8.